The van der Waals surface area contributed by atoms with Crippen LogP contribution in [0.15, 0.2) is 30.6 Å². The molecule has 0 aliphatic carbocycles. The lowest BCUT2D eigenvalue weighted by Gasteiger charge is -2.08. The summed E-state index contributed by atoms with van der Waals surface area (Å²) in [7, 11) is 0. The van der Waals surface area contributed by atoms with Crippen molar-refractivity contribution in [3.05, 3.63) is 59.3 Å². The fraction of sp³-hybridized carbons (Fsp3) is 0.125. The zero-order chi connectivity index (χ0) is 18.4. The third-order valence-corrected chi connectivity index (χ3v) is 3.88. The topological polar surface area (TPSA) is 87.4 Å². The van der Waals surface area contributed by atoms with E-state index in [1.807, 2.05) is 6.92 Å². The normalized spacial score (nSPS) is 11.4. The number of fused-ring (bicyclic) bond motifs is 1. The summed E-state index contributed by atoms with van der Waals surface area (Å²) in [6.45, 7) is 1.46. The molecule has 0 bridgehead atoms. The van der Waals surface area contributed by atoms with Crippen molar-refractivity contribution < 1.29 is 13.2 Å². The standard InChI is InChI=1S/C16H12F3N7/c1-8-4-5-25(24-8)14-9-6-21-26(15(9)23-16(20)22-14)7-10-11(17)2-3-12(18)13(10)19/h2-6H,7H2,1H3,(H2,20,22,23). The number of benzene rings is 1. The predicted octanol–water partition coefficient (Wildman–Crippen LogP) is 2.37. The van der Waals surface area contributed by atoms with Crippen molar-refractivity contribution in [1.29, 1.82) is 0 Å². The molecule has 1 aromatic carbocycles. The van der Waals surface area contributed by atoms with E-state index in [4.69, 9.17) is 5.73 Å². The van der Waals surface area contributed by atoms with Gasteiger partial charge in [0.1, 0.15) is 5.82 Å². The van der Waals surface area contributed by atoms with Gasteiger partial charge in [-0.05, 0) is 25.1 Å². The molecule has 3 heterocycles. The Morgan fingerprint density at radius 3 is 2.58 bits per heavy atom. The molecular formula is C16H12F3N7. The number of hydrogen-bond donors (Lipinski definition) is 1. The first kappa shape index (κ1) is 16.1. The van der Waals surface area contributed by atoms with Crippen LogP contribution < -0.4 is 5.73 Å². The largest absolute Gasteiger partial charge is 0.368 e. The number of aryl methyl sites for hydroxylation is 1. The smallest absolute Gasteiger partial charge is 0.224 e. The summed E-state index contributed by atoms with van der Waals surface area (Å²) in [6, 6.07) is 3.38. The average Bonchev–Trinajstić information content (AvgIpc) is 3.21. The van der Waals surface area contributed by atoms with E-state index < -0.39 is 23.0 Å². The van der Waals surface area contributed by atoms with E-state index in [0.29, 0.717) is 11.2 Å². The second-order valence-corrected chi connectivity index (χ2v) is 5.67. The minimum atomic E-state index is -1.27. The third kappa shape index (κ3) is 2.55. The molecular weight excluding hydrogens is 347 g/mol. The van der Waals surface area contributed by atoms with Crippen LogP contribution in [0.2, 0.25) is 0 Å². The zero-order valence-corrected chi connectivity index (χ0v) is 13.5. The number of nitrogens with zero attached hydrogens (tertiary/aromatic N) is 6. The van der Waals surface area contributed by atoms with Crippen LogP contribution in [0.1, 0.15) is 11.3 Å². The second kappa shape index (κ2) is 5.83. The van der Waals surface area contributed by atoms with Gasteiger partial charge in [-0.15, -0.1) is 0 Å². The zero-order valence-electron chi connectivity index (χ0n) is 13.5. The molecule has 0 amide bonds. The van der Waals surface area contributed by atoms with Gasteiger partial charge in [0, 0.05) is 11.8 Å². The maximum Gasteiger partial charge on any atom is 0.224 e. The molecule has 0 aliphatic heterocycles. The Bertz CT molecular complexity index is 1130. The van der Waals surface area contributed by atoms with E-state index in [1.165, 1.54) is 15.6 Å². The van der Waals surface area contributed by atoms with Crippen LogP contribution in [-0.4, -0.2) is 29.5 Å². The number of anilines is 1. The molecule has 2 N–H and O–H groups in total. The molecule has 0 unspecified atom stereocenters. The highest BCUT2D eigenvalue weighted by Gasteiger charge is 2.18. The molecule has 132 valence electrons. The monoisotopic (exact) mass is 359 g/mol. The van der Waals surface area contributed by atoms with Gasteiger partial charge < -0.3 is 5.73 Å². The van der Waals surface area contributed by atoms with Gasteiger partial charge in [0.2, 0.25) is 5.95 Å². The fourth-order valence-corrected chi connectivity index (χ4v) is 2.64. The molecule has 4 rings (SSSR count). The molecule has 0 saturated carbocycles. The van der Waals surface area contributed by atoms with E-state index >= 15 is 0 Å². The Morgan fingerprint density at radius 2 is 1.85 bits per heavy atom. The van der Waals surface area contributed by atoms with Crippen molar-refractivity contribution in [2.45, 2.75) is 13.5 Å². The Morgan fingerprint density at radius 1 is 1.08 bits per heavy atom. The highest BCUT2D eigenvalue weighted by Crippen LogP contribution is 2.23. The lowest BCUT2D eigenvalue weighted by atomic mass is 10.2. The van der Waals surface area contributed by atoms with Gasteiger partial charge in [0.05, 0.1) is 23.8 Å². The first-order valence-electron chi connectivity index (χ1n) is 7.58. The molecule has 0 spiro atoms. The molecule has 10 heteroatoms. The molecule has 7 nitrogen and oxygen atoms in total. The lowest BCUT2D eigenvalue weighted by molar-refractivity contribution is 0.471. The number of aromatic nitrogens is 6. The van der Waals surface area contributed by atoms with Crippen LogP contribution in [0.3, 0.4) is 0 Å². The average molecular weight is 359 g/mol. The van der Waals surface area contributed by atoms with Crippen molar-refractivity contribution in [3.63, 3.8) is 0 Å². The molecule has 3 aromatic heterocycles. The van der Waals surface area contributed by atoms with Crippen molar-refractivity contribution in [2.75, 3.05) is 5.73 Å². The van der Waals surface area contributed by atoms with E-state index in [-0.39, 0.29) is 18.1 Å². The Hall–Kier alpha value is -3.43. The van der Waals surface area contributed by atoms with E-state index in [9.17, 15) is 13.2 Å². The summed E-state index contributed by atoms with van der Waals surface area (Å²) < 4.78 is 44.0. The predicted molar refractivity (Wildman–Crippen MR) is 87.0 cm³/mol. The van der Waals surface area contributed by atoms with E-state index in [0.717, 1.165) is 17.8 Å². The summed E-state index contributed by atoms with van der Waals surface area (Å²) in [5.41, 5.74) is 6.33. The highest BCUT2D eigenvalue weighted by molar-refractivity contribution is 5.83. The van der Waals surface area contributed by atoms with Gasteiger partial charge in [0.25, 0.3) is 0 Å². The van der Waals surface area contributed by atoms with Gasteiger partial charge in [0.15, 0.2) is 23.1 Å². The summed E-state index contributed by atoms with van der Waals surface area (Å²) in [5, 5.41) is 8.85. The summed E-state index contributed by atoms with van der Waals surface area (Å²) in [5.74, 6) is -2.95. The summed E-state index contributed by atoms with van der Waals surface area (Å²) in [6.07, 6.45) is 3.13. The van der Waals surface area contributed by atoms with Gasteiger partial charge in [-0.2, -0.15) is 20.2 Å². The van der Waals surface area contributed by atoms with Crippen LogP contribution in [0, 0.1) is 24.4 Å². The Labute approximate surface area is 144 Å². The first-order valence-corrected chi connectivity index (χ1v) is 7.58. The molecule has 0 fully saturated rings. The SMILES string of the molecule is Cc1ccn(-c2nc(N)nc3c2cnn3Cc2c(F)ccc(F)c2F)n1. The van der Waals surface area contributed by atoms with Crippen molar-refractivity contribution in [1.82, 2.24) is 29.5 Å². The maximum atomic E-state index is 14.0. The van der Waals surface area contributed by atoms with Crippen LogP contribution in [0.25, 0.3) is 16.9 Å². The molecule has 26 heavy (non-hydrogen) atoms. The summed E-state index contributed by atoms with van der Waals surface area (Å²) >= 11 is 0. The molecule has 0 radical (unpaired) electrons. The fourth-order valence-electron chi connectivity index (χ4n) is 2.64. The summed E-state index contributed by atoms with van der Waals surface area (Å²) in [4.78, 5) is 8.25. The number of nitrogens with two attached hydrogens (primary N) is 1. The third-order valence-electron chi connectivity index (χ3n) is 3.88. The minimum absolute atomic E-state index is 0.0532. The minimum Gasteiger partial charge on any atom is -0.368 e. The highest BCUT2D eigenvalue weighted by atomic mass is 19.2. The van der Waals surface area contributed by atoms with Crippen LogP contribution >= 0.6 is 0 Å². The number of nitrogen functional groups attached to an aromatic ring is 1. The molecule has 0 saturated heterocycles. The van der Waals surface area contributed by atoms with E-state index in [1.54, 1.807) is 12.3 Å². The van der Waals surface area contributed by atoms with Gasteiger partial charge >= 0.3 is 0 Å². The molecule has 0 atom stereocenters. The molecule has 0 aliphatic rings. The number of hydrogen-bond acceptors (Lipinski definition) is 5. The Kier molecular flexibility index (Phi) is 3.60. The van der Waals surface area contributed by atoms with Gasteiger partial charge in [-0.3, -0.25) is 0 Å². The number of rotatable bonds is 3. The first-order chi connectivity index (χ1) is 12.4. The Balaban J connectivity index is 1.86. The van der Waals surface area contributed by atoms with Crippen LogP contribution in [-0.2, 0) is 6.54 Å². The van der Waals surface area contributed by atoms with E-state index in [2.05, 4.69) is 20.2 Å². The maximum absolute atomic E-state index is 14.0. The van der Waals surface area contributed by atoms with Crippen LogP contribution in [0.4, 0.5) is 19.1 Å². The van der Waals surface area contributed by atoms with Crippen LogP contribution in [0.5, 0.6) is 0 Å². The lowest BCUT2D eigenvalue weighted by Crippen LogP contribution is -2.10. The van der Waals surface area contributed by atoms with Crippen molar-refractivity contribution in [2.24, 2.45) is 0 Å². The molecule has 4 aromatic rings. The van der Waals surface area contributed by atoms with Gasteiger partial charge in [-0.25, -0.2) is 22.5 Å². The number of halogens is 3. The van der Waals surface area contributed by atoms with Crippen molar-refractivity contribution >= 4 is 17.0 Å². The second-order valence-electron chi connectivity index (χ2n) is 5.67. The van der Waals surface area contributed by atoms with Crippen molar-refractivity contribution in [3.8, 4) is 5.82 Å². The van der Waals surface area contributed by atoms with Gasteiger partial charge in [-0.1, -0.05) is 0 Å². The quantitative estimate of drug-likeness (QED) is 0.568.